The molecule has 1 heterocycles. The molecule has 2 aromatic rings. The van der Waals surface area contributed by atoms with Crippen LogP contribution in [-0.4, -0.2) is 16.9 Å². The van der Waals surface area contributed by atoms with Crippen LogP contribution in [0.4, 0.5) is 0 Å². The Kier molecular flexibility index (Phi) is 4.60. The van der Waals surface area contributed by atoms with Crippen LogP contribution in [0, 0.1) is 6.92 Å². The standard InChI is InChI=1S/C19H22N2O2/c1-13-11-12-16(18(22)20-13)19(23)21-17-10-6-5-9-15(17)14-7-3-2-4-8-14/h2-4,7-8,11-12,15,17H,5-6,9-10H2,1H3,(H,20,22)(H,21,23)/t15-,17-/m1/s1. The second kappa shape index (κ2) is 6.82. The molecule has 1 aromatic carbocycles. The molecule has 4 heteroatoms. The zero-order valence-corrected chi connectivity index (χ0v) is 13.3. The van der Waals surface area contributed by atoms with Gasteiger partial charge in [-0.3, -0.25) is 9.59 Å². The molecule has 1 aliphatic carbocycles. The van der Waals surface area contributed by atoms with Gasteiger partial charge in [-0.05, 0) is 37.5 Å². The van der Waals surface area contributed by atoms with E-state index in [2.05, 4.69) is 22.4 Å². The van der Waals surface area contributed by atoms with Gasteiger partial charge in [0.05, 0.1) is 0 Å². The number of nitrogens with one attached hydrogen (secondary N) is 2. The van der Waals surface area contributed by atoms with Crippen LogP contribution in [0.25, 0.3) is 0 Å². The first kappa shape index (κ1) is 15.5. The average Bonchev–Trinajstić information content (AvgIpc) is 2.56. The molecule has 0 aliphatic heterocycles. The van der Waals surface area contributed by atoms with E-state index in [1.165, 1.54) is 12.0 Å². The van der Waals surface area contributed by atoms with E-state index in [-0.39, 0.29) is 23.1 Å². The van der Waals surface area contributed by atoms with Crippen molar-refractivity contribution >= 4 is 5.91 Å². The topological polar surface area (TPSA) is 62.0 Å². The zero-order chi connectivity index (χ0) is 16.2. The van der Waals surface area contributed by atoms with Gasteiger partial charge in [-0.2, -0.15) is 0 Å². The smallest absolute Gasteiger partial charge is 0.260 e. The van der Waals surface area contributed by atoms with Crippen molar-refractivity contribution in [2.75, 3.05) is 0 Å². The minimum Gasteiger partial charge on any atom is -0.349 e. The Morgan fingerprint density at radius 2 is 1.83 bits per heavy atom. The predicted molar refractivity (Wildman–Crippen MR) is 90.7 cm³/mol. The summed E-state index contributed by atoms with van der Waals surface area (Å²) in [6.45, 7) is 1.80. The Bertz CT molecular complexity index is 737. The molecule has 0 spiro atoms. The number of H-pyrrole nitrogens is 1. The lowest BCUT2D eigenvalue weighted by molar-refractivity contribution is 0.0919. The number of hydrogen-bond donors (Lipinski definition) is 2. The summed E-state index contributed by atoms with van der Waals surface area (Å²) in [5.41, 5.74) is 1.88. The molecule has 0 bridgehead atoms. The van der Waals surface area contributed by atoms with E-state index < -0.39 is 0 Å². The van der Waals surface area contributed by atoms with E-state index in [1.807, 2.05) is 18.2 Å². The van der Waals surface area contributed by atoms with Crippen molar-refractivity contribution in [2.24, 2.45) is 0 Å². The Balaban J connectivity index is 1.79. The average molecular weight is 310 g/mol. The quantitative estimate of drug-likeness (QED) is 0.915. The van der Waals surface area contributed by atoms with Crippen LogP contribution in [0.3, 0.4) is 0 Å². The van der Waals surface area contributed by atoms with Crippen molar-refractivity contribution in [1.82, 2.24) is 10.3 Å². The lowest BCUT2D eigenvalue weighted by Crippen LogP contribution is -2.42. The molecule has 2 N–H and O–H groups in total. The van der Waals surface area contributed by atoms with Crippen LogP contribution in [-0.2, 0) is 0 Å². The first-order chi connectivity index (χ1) is 11.1. The molecule has 0 saturated heterocycles. The molecule has 0 unspecified atom stereocenters. The third kappa shape index (κ3) is 3.52. The van der Waals surface area contributed by atoms with Crippen LogP contribution in [0.15, 0.2) is 47.3 Å². The van der Waals surface area contributed by atoms with E-state index in [9.17, 15) is 9.59 Å². The second-order valence-electron chi connectivity index (χ2n) is 6.27. The third-order valence-corrected chi connectivity index (χ3v) is 4.61. The number of aromatic nitrogens is 1. The summed E-state index contributed by atoms with van der Waals surface area (Å²) in [6.07, 6.45) is 4.31. The number of carbonyl (C=O) groups excluding carboxylic acids is 1. The Labute approximate surface area is 135 Å². The van der Waals surface area contributed by atoms with Gasteiger partial charge in [0, 0.05) is 17.7 Å². The van der Waals surface area contributed by atoms with E-state index in [1.54, 1.807) is 19.1 Å². The van der Waals surface area contributed by atoms with Gasteiger partial charge in [-0.15, -0.1) is 0 Å². The van der Waals surface area contributed by atoms with Crippen LogP contribution < -0.4 is 10.9 Å². The van der Waals surface area contributed by atoms with Gasteiger partial charge in [0.1, 0.15) is 5.56 Å². The monoisotopic (exact) mass is 310 g/mol. The van der Waals surface area contributed by atoms with E-state index >= 15 is 0 Å². The number of rotatable bonds is 3. The number of hydrogen-bond acceptors (Lipinski definition) is 2. The van der Waals surface area contributed by atoms with Crippen LogP contribution in [0.2, 0.25) is 0 Å². The van der Waals surface area contributed by atoms with Crippen molar-refractivity contribution in [3.05, 3.63) is 69.6 Å². The summed E-state index contributed by atoms with van der Waals surface area (Å²) in [7, 11) is 0. The van der Waals surface area contributed by atoms with Gasteiger partial charge in [0.25, 0.3) is 11.5 Å². The summed E-state index contributed by atoms with van der Waals surface area (Å²) in [6, 6.07) is 13.8. The third-order valence-electron chi connectivity index (χ3n) is 4.61. The maximum absolute atomic E-state index is 12.5. The molecular weight excluding hydrogens is 288 g/mol. The summed E-state index contributed by atoms with van der Waals surface area (Å²) < 4.78 is 0. The molecule has 1 aromatic heterocycles. The van der Waals surface area contributed by atoms with Crippen LogP contribution >= 0.6 is 0 Å². The van der Waals surface area contributed by atoms with Crippen molar-refractivity contribution in [1.29, 1.82) is 0 Å². The van der Waals surface area contributed by atoms with Gasteiger partial charge in [-0.1, -0.05) is 43.2 Å². The molecule has 23 heavy (non-hydrogen) atoms. The highest BCUT2D eigenvalue weighted by Gasteiger charge is 2.28. The fraction of sp³-hybridized carbons (Fsp3) is 0.368. The Morgan fingerprint density at radius 1 is 1.09 bits per heavy atom. The lowest BCUT2D eigenvalue weighted by atomic mass is 9.80. The molecule has 0 radical (unpaired) electrons. The first-order valence-electron chi connectivity index (χ1n) is 8.21. The largest absolute Gasteiger partial charge is 0.349 e. The van der Waals surface area contributed by atoms with E-state index in [0.717, 1.165) is 25.0 Å². The van der Waals surface area contributed by atoms with Gasteiger partial charge in [0.2, 0.25) is 0 Å². The summed E-state index contributed by atoms with van der Waals surface area (Å²) in [4.78, 5) is 27.1. The van der Waals surface area contributed by atoms with Crippen molar-refractivity contribution in [3.8, 4) is 0 Å². The van der Waals surface area contributed by atoms with Gasteiger partial charge in [0.15, 0.2) is 0 Å². The van der Waals surface area contributed by atoms with Crippen molar-refractivity contribution in [2.45, 2.75) is 44.6 Å². The molecule has 1 saturated carbocycles. The van der Waals surface area contributed by atoms with Gasteiger partial charge >= 0.3 is 0 Å². The molecule has 2 atom stereocenters. The highest BCUT2D eigenvalue weighted by Crippen LogP contribution is 2.33. The zero-order valence-electron chi connectivity index (χ0n) is 13.3. The maximum Gasteiger partial charge on any atom is 0.260 e. The normalized spacial score (nSPS) is 20.9. The predicted octanol–water partition coefficient (Wildman–Crippen LogP) is 3.14. The Hall–Kier alpha value is -2.36. The number of benzene rings is 1. The summed E-state index contributed by atoms with van der Waals surface area (Å²) >= 11 is 0. The highest BCUT2D eigenvalue weighted by atomic mass is 16.2. The molecule has 3 rings (SSSR count). The maximum atomic E-state index is 12.5. The summed E-state index contributed by atoms with van der Waals surface area (Å²) in [5, 5.41) is 3.09. The SMILES string of the molecule is Cc1ccc(C(=O)N[C@@H]2CCCC[C@@H]2c2ccccc2)c(=O)[nH]1. The molecule has 1 amide bonds. The van der Waals surface area contributed by atoms with E-state index in [0.29, 0.717) is 5.92 Å². The van der Waals surface area contributed by atoms with Crippen molar-refractivity contribution in [3.63, 3.8) is 0 Å². The minimum absolute atomic E-state index is 0.0827. The molecular formula is C19H22N2O2. The molecule has 4 nitrogen and oxygen atoms in total. The number of amides is 1. The number of carbonyl (C=O) groups is 1. The van der Waals surface area contributed by atoms with Crippen molar-refractivity contribution < 1.29 is 4.79 Å². The van der Waals surface area contributed by atoms with Crippen LogP contribution in [0.5, 0.6) is 0 Å². The second-order valence-corrected chi connectivity index (χ2v) is 6.27. The molecule has 120 valence electrons. The summed E-state index contributed by atoms with van der Waals surface area (Å²) in [5.74, 6) is 0.0394. The molecule has 1 fully saturated rings. The van der Waals surface area contributed by atoms with Crippen LogP contribution in [0.1, 0.15) is 53.2 Å². The fourth-order valence-electron chi connectivity index (χ4n) is 3.40. The number of aromatic amines is 1. The fourth-order valence-corrected chi connectivity index (χ4v) is 3.40. The van der Waals surface area contributed by atoms with Gasteiger partial charge in [-0.25, -0.2) is 0 Å². The lowest BCUT2D eigenvalue weighted by Gasteiger charge is -2.32. The highest BCUT2D eigenvalue weighted by molar-refractivity contribution is 5.94. The first-order valence-corrected chi connectivity index (χ1v) is 8.21. The Morgan fingerprint density at radius 3 is 2.57 bits per heavy atom. The number of aryl methyl sites for hydroxylation is 1. The number of pyridine rings is 1. The molecule has 1 aliphatic rings. The van der Waals surface area contributed by atoms with E-state index in [4.69, 9.17) is 0 Å². The van der Waals surface area contributed by atoms with Gasteiger partial charge < -0.3 is 10.3 Å². The minimum atomic E-state index is -0.324.